The predicted octanol–water partition coefficient (Wildman–Crippen LogP) is 3.59. The fourth-order valence-electron chi connectivity index (χ4n) is 2.39. The summed E-state index contributed by atoms with van der Waals surface area (Å²) in [6, 6.07) is 10.4. The van der Waals surface area contributed by atoms with Crippen molar-refractivity contribution in [2.75, 3.05) is 26.6 Å². The van der Waals surface area contributed by atoms with E-state index in [0.717, 1.165) is 5.56 Å². The van der Waals surface area contributed by atoms with E-state index in [2.05, 4.69) is 5.32 Å². The van der Waals surface area contributed by atoms with Crippen LogP contribution in [-0.4, -0.2) is 38.0 Å². The van der Waals surface area contributed by atoms with Crippen LogP contribution in [0.4, 0.5) is 5.69 Å². The van der Waals surface area contributed by atoms with E-state index in [-0.39, 0.29) is 16.8 Å². The Labute approximate surface area is 157 Å². The number of amides is 2. The highest BCUT2D eigenvalue weighted by Gasteiger charge is 2.16. The second-order valence-electron chi connectivity index (χ2n) is 5.68. The lowest BCUT2D eigenvalue weighted by Crippen LogP contribution is -2.24. The molecule has 6 nitrogen and oxygen atoms in total. The maximum Gasteiger partial charge on any atom is 0.255 e. The minimum atomic E-state index is -0.342. The predicted molar refractivity (Wildman–Crippen MR) is 101 cm³/mol. The molecule has 0 spiro atoms. The molecule has 138 valence electrons. The van der Waals surface area contributed by atoms with Gasteiger partial charge in [-0.3, -0.25) is 9.59 Å². The van der Waals surface area contributed by atoms with E-state index >= 15 is 0 Å². The quantitative estimate of drug-likeness (QED) is 0.836. The normalized spacial score (nSPS) is 10.2. The summed E-state index contributed by atoms with van der Waals surface area (Å²) < 4.78 is 10.4. The average Bonchev–Trinajstić information content (AvgIpc) is 2.62. The summed E-state index contributed by atoms with van der Waals surface area (Å²) in [5.74, 6) is 0.340. The first-order chi connectivity index (χ1) is 12.4. The maximum atomic E-state index is 12.7. The number of methoxy groups -OCH3 is 2. The standard InChI is InChI=1S/C19H21ClN2O4/c1-12(23)22(2)11-13-7-5-6-8-16(13)21-19(24)14-9-15(20)18(26-4)17(10-14)25-3/h5-10H,11H2,1-4H3,(H,21,24). The van der Waals surface area contributed by atoms with Crippen LogP contribution in [0.1, 0.15) is 22.8 Å². The lowest BCUT2D eigenvalue weighted by atomic mass is 10.1. The number of hydrogen-bond donors (Lipinski definition) is 1. The molecule has 0 aliphatic rings. The van der Waals surface area contributed by atoms with Crippen molar-refractivity contribution in [3.05, 3.63) is 52.5 Å². The molecule has 0 radical (unpaired) electrons. The van der Waals surface area contributed by atoms with Gasteiger partial charge in [0.25, 0.3) is 5.91 Å². The largest absolute Gasteiger partial charge is 0.493 e. The third-order valence-electron chi connectivity index (χ3n) is 3.91. The number of nitrogens with zero attached hydrogens (tertiary/aromatic N) is 1. The highest BCUT2D eigenvalue weighted by atomic mass is 35.5. The van der Waals surface area contributed by atoms with Gasteiger partial charge in [-0.2, -0.15) is 0 Å². The zero-order chi connectivity index (χ0) is 19.3. The lowest BCUT2D eigenvalue weighted by Gasteiger charge is -2.18. The number of anilines is 1. The molecule has 2 aromatic rings. The van der Waals surface area contributed by atoms with E-state index in [0.29, 0.717) is 29.3 Å². The van der Waals surface area contributed by atoms with E-state index in [1.165, 1.54) is 27.2 Å². The molecule has 1 N–H and O–H groups in total. The van der Waals surface area contributed by atoms with Crippen LogP contribution in [0.2, 0.25) is 5.02 Å². The lowest BCUT2D eigenvalue weighted by molar-refractivity contribution is -0.128. The number of benzene rings is 2. The Morgan fingerprint density at radius 3 is 2.46 bits per heavy atom. The van der Waals surface area contributed by atoms with Gasteiger partial charge in [-0.05, 0) is 23.8 Å². The minimum Gasteiger partial charge on any atom is -0.493 e. The molecular formula is C19H21ClN2O4. The van der Waals surface area contributed by atoms with Crippen molar-refractivity contribution < 1.29 is 19.1 Å². The molecule has 2 aromatic carbocycles. The van der Waals surface area contributed by atoms with Crippen molar-refractivity contribution in [1.82, 2.24) is 4.90 Å². The number of ether oxygens (including phenoxy) is 2. The van der Waals surface area contributed by atoms with Gasteiger partial charge in [-0.15, -0.1) is 0 Å². The van der Waals surface area contributed by atoms with Gasteiger partial charge in [0.05, 0.1) is 19.2 Å². The molecule has 0 fully saturated rings. The van der Waals surface area contributed by atoms with Crippen LogP contribution in [-0.2, 0) is 11.3 Å². The van der Waals surface area contributed by atoms with Crippen LogP contribution in [0, 0.1) is 0 Å². The summed E-state index contributed by atoms with van der Waals surface area (Å²) in [6.07, 6.45) is 0. The number of hydrogen-bond acceptors (Lipinski definition) is 4. The van der Waals surface area contributed by atoms with E-state index in [4.69, 9.17) is 21.1 Å². The van der Waals surface area contributed by atoms with Crippen LogP contribution in [0.3, 0.4) is 0 Å². The van der Waals surface area contributed by atoms with Crippen molar-refractivity contribution in [3.63, 3.8) is 0 Å². The van der Waals surface area contributed by atoms with Gasteiger partial charge in [0, 0.05) is 31.8 Å². The third-order valence-corrected chi connectivity index (χ3v) is 4.19. The molecule has 0 saturated carbocycles. The van der Waals surface area contributed by atoms with Crippen LogP contribution >= 0.6 is 11.6 Å². The zero-order valence-corrected chi connectivity index (χ0v) is 15.9. The van der Waals surface area contributed by atoms with Crippen LogP contribution in [0.15, 0.2) is 36.4 Å². The highest BCUT2D eigenvalue weighted by Crippen LogP contribution is 2.36. The molecule has 0 aliphatic heterocycles. The first-order valence-electron chi connectivity index (χ1n) is 7.89. The van der Waals surface area contributed by atoms with Crippen molar-refractivity contribution in [2.45, 2.75) is 13.5 Å². The van der Waals surface area contributed by atoms with Crippen molar-refractivity contribution in [1.29, 1.82) is 0 Å². The molecule has 0 saturated heterocycles. The fraction of sp³-hybridized carbons (Fsp3) is 0.263. The number of nitrogens with one attached hydrogen (secondary N) is 1. The van der Waals surface area contributed by atoms with E-state index in [1.54, 1.807) is 24.1 Å². The van der Waals surface area contributed by atoms with Gasteiger partial charge in [0.2, 0.25) is 5.91 Å². The molecule has 26 heavy (non-hydrogen) atoms. The van der Waals surface area contributed by atoms with E-state index in [1.807, 2.05) is 18.2 Å². The monoisotopic (exact) mass is 376 g/mol. The molecule has 0 bridgehead atoms. The fourth-order valence-corrected chi connectivity index (χ4v) is 2.68. The van der Waals surface area contributed by atoms with Crippen LogP contribution in [0.25, 0.3) is 0 Å². The Morgan fingerprint density at radius 2 is 1.85 bits per heavy atom. The molecule has 0 atom stereocenters. The minimum absolute atomic E-state index is 0.0576. The van der Waals surface area contributed by atoms with Crippen molar-refractivity contribution >= 4 is 29.1 Å². The van der Waals surface area contributed by atoms with Gasteiger partial charge < -0.3 is 19.7 Å². The second kappa shape index (κ2) is 8.58. The van der Waals surface area contributed by atoms with Crippen LogP contribution < -0.4 is 14.8 Å². The van der Waals surface area contributed by atoms with E-state index < -0.39 is 0 Å². The van der Waals surface area contributed by atoms with Gasteiger partial charge in [-0.25, -0.2) is 0 Å². The Bertz CT molecular complexity index is 823. The molecule has 0 unspecified atom stereocenters. The Kier molecular flexibility index (Phi) is 6.46. The summed E-state index contributed by atoms with van der Waals surface area (Å²) in [5, 5.41) is 3.13. The summed E-state index contributed by atoms with van der Waals surface area (Å²) in [6.45, 7) is 1.88. The third kappa shape index (κ3) is 4.46. The smallest absolute Gasteiger partial charge is 0.255 e. The van der Waals surface area contributed by atoms with Gasteiger partial charge in [-0.1, -0.05) is 29.8 Å². The van der Waals surface area contributed by atoms with Crippen molar-refractivity contribution in [3.8, 4) is 11.5 Å². The number of halogens is 1. The summed E-state index contributed by atoms with van der Waals surface area (Å²) in [7, 11) is 4.66. The first-order valence-corrected chi connectivity index (χ1v) is 8.27. The topological polar surface area (TPSA) is 67.9 Å². The van der Waals surface area contributed by atoms with Crippen LogP contribution in [0.5, 0.6) is 11.5 Å². The Balaban J connectivity index is 2.28. The van der Waals surface area contributed by atoms with E-state index in [9.17, 15) is 9.59 Å². The second-order valence-corrected chi connectivity index (χ2v) is 6.09. The molecule has 2 rings (SSSR count). The maximum absolute atomic E-state index is 12.7. The summed E-state index contributed by atoms with van der Waals surface area (Å²) in [4.78, 5) is 25.7. The summed E-state index contributed by atoms with van der Waals surface area (Å²) >= 11 is 6.17. The highest BCUT2D eigenvalue weighted by molar-refractivity contribution is 6.32. The molecule has 0 aliphatic carbocycles. The van der Waals surface area contributed by atoms with Gasteiger partial charge >= 0.3 is 0 Å². The molecule has 0 aromatic heterocycles. The first kappa shape index (κ1) is 19.6. The SMILES string of the molecule is COc1cc(C(=O)Nc2ccccc2CN(C)C(C)=O)cc(Cl)c1OC. The number of carbonyl (C=O) groups is 2. The zero-order valence-electron chi connectivity index (χ0n) is 15.1. The van der Waals surface area contributed by atoms with Crippen molar-refractivity contribution in [2.24, 2.45) is 0 Å². The molecular weight excluding hydrogens is 356 g/mol. The molecule has 2 amide bonds. The number of rotatable bonds is 6. The number of para-hydroxylation sites is 1. The Hall–Kier alpha value is -2.73. The summed E-state index contributed by atoms with van der Waals surface area (Å²) in [5.41, 5.74) is 1.78. The van der Waals surface area contributed by atoms with Gasteiger partial charge in [0.15, 0.2) is 11.5 Å². The Morgan fingerprint density at radius 1 is 1.15 bits per heavy atom. The number of carbonyl (C=O) groups excluding carboxylic acids is 2. The average molecular weight is 377 g/mol. The molecule has 7 heteroatoms. The molecule has 0 heterocycles. The van der Waals surface area contributed by atoms with Gasteiger partial charge in [0.1, 0.15) is 0 Å².